The number of hydrogen-bond acceptors (Lipinski definition) is 4. The summed E-state index contributed by atoms with van der Waals surface area (Å²) in [4.78, 5) is 24.1. The highest BCUT2D eigenvalue weighted by Gasteiger charge is 2.15. The smallest absolute Gasteiger partial charge is 0.259 e. The molecule has 7 heteroatoms. The van der Waals surface area contributed by atoms with Crippen molar-refractivity contribution in [1.82, 2.24) is 5.32 Å². The van der Waals surface area contributed by atoms with Crippen molar-refractivity contribution < 1.29 is 23.8 Å². The van der Waals surface area contributed by atoms with E-state index >= 15 is 0 Å². The maximum atomic E-state index is 13.6. The van der Waals surface area contributed by atoms with Gasteiger partial charge in [-0.25, -0.2) is 4.39 Å². The summed E-state index contributed by atoms with van der Waals surface area (Å²) in [6.45, 7) is 3.74. The number of halogens is 1. The number of amides is 2. The quantitative estimate of drug-likeness (QED) is 0.663. The average Bonchev–Trinajstić information content (AvgIpc) is 2.62. The average molecular weight is 374 g/mol. The van der Waals surface area contributed by atoms with E-state index in [0.29, 0.717) is 11.4 Å². The van der Waals surface area contributed by atoms with Crippen LogP contribution in [-0.2, 0) is 11.2 Å². The molecule has 0 aliphatic rings. The Bertz CT molecular complexity index is 791. The highest BCUT2D eigenvalue weighted by molar-refractivity contribution is 6.06. The van der Waals surface area contributed by atoms with E-state index in [0.717, 1.165) is 11.6 Å². The fourth-order valence-corrected chi connectivity index (χ4v) is 2.38. The monoisotopic (exact) mass is 374 g/mol. The molecular formula is C20H23FN2O4. The first-order valence-corrected chi connectivity index (χ1v) is 8.63. The van der Waals surface area contributed by atoms with Gasteiger partial charge >= 0.3 is 0 Å². The SMILES string of the molecule is CC(C)Oc1ccc(F)cc1C(=O)Nc1ccc(CC(=O)NCCO)cc1. The van der Waals surface area contributed by atoms with Gasteiger partial charge < -0.3 is 20.5 Å². The topological polar surface area (TPSA) is 87.7 Å². The Morgan fingerprint density at radius 2 is 1.85 bits per heavy atom. The van der Waals surface area contributed by atoms with E-state index in [2.05, 4.69) is 10.6 Å². The van der Waals surface area contributed by atoms with E-state index in [1.165, 1.54) is 12.1 Å². The van der Waals surface area contributed by atoms with Gasteiger partial charge in [0.2, 0.25) is 5.91 Å². The Balaban J connectivity index is 2.06. The molecule has 0 fully saturated rings. The van der Waals surface area contributed by atoms with Crippen LogP contribution < -0.4 is 15.4 Å². The van der Waals surface area contributed by atoms with Crippen molar-refractivity contribution in [1.29, 1.82) is 0 Å². The summed E-state index contributed by atoms with van der Waals surface area (Å²) in [5.41, 5.74) is 1.38. The van der Waals surface area contributed by atoms with Gasteiger partial charge in [-0.05, 0) is 49.7 Å². The number of carbonyl (C=O) groups excluding carboxylic acids is 2. The Kier molecular flexibility index (Phi) is 7.31. The van der Waals surface area contributed by atoms with Gasteiger partial charge in [-0.15, -0.1) is 0 Å². The normalized spacial score (nSPS) is 10.6. The lowest BCUT2D eigenvalue weighted by Crippen LogP contribution is -2.27. The minimum Gasteiger partial charge on any atom is -0.490 e. The first-order valence-electron chi connectivity index (χ1n) is 8.63. The van der Waals surface area contributed by atoms with Gasteiger partial charge in [-0.3, -0.25) is 9.59 Å². The summed E-state index contributed by atoms with van der Waals surface area (Å²) in [5, 5.41) is 14.0. The predicted molar refractivity (Wildman–Crippen MR) is 100 cm³/mol. The van der Waals surface area contributed by atoms with Crippen LogP contribution in [0.4, 0.5) is 10.1 Å². The van der Waals surface area contributed by atoms with Crippen LogP contribution in [0.2, 0.25) is 0 Å². The van der Waals surface area contributed by atoms with E-state index < -0.39 is 11.7 Å². The molecule has 6 nitrogen and oxygen atoms in total. The molecule has 2 rings (SSSR count). The summed E-state index contributed by atoms with van der Waals surface area (Å²) >= 11 is 0. The maximum Gasteiger partial charge on any atom is 0.259 e. The molecule has 0 saturated heterocycles. The molecule has 0 bridgehead atoms. The van der Waals surface area contributed by atoms with E-state index in [-0.39, 0.29) is 37.1 Å². The van der Waals surface area contributed by atoms with Crippen molar-refractivity contribution >= 4 is 17.5 Å². The molecule has 2 aromatic rings. The number of carbonyl (C=O) groups is 2. The van der Waals surface area contributed by atoms with Crippen LogP contribution in [0.5, 0.6) is 5.75 Å². The molecule has 3 N–H and O–H groups in total. The number of aliphatic hydroxyl groups is 1. The van der Waals surface area contributed by atoms with Gasteiger partial charge in [-0.1, -0.05) is 12.1 Å². The van der Waals surface area contributed by atoms with E-state index in [4.69, 9.17) is 9.84 Å². The lowest BCUT2D eigenvalue weighted by atomic mass is 10.1. The molecule has 0 heterocycles. The maximum absolute atomic E-state index is 13.6. The van der Waals surface area contributed by atoms with Crippen molar-refractivity contribution in [2.75, 3.05) is 18.5 Å². The van der Waals surface area contributed by atoms with Crippen LogP contribution in [-0.4, -0.2) is 36.2 Å². The molecular weight excluding hydrogens is 351 g/mol. The number of hydrogen-bond donors (Lipinski definition) is 3. The zero-order chi connectivity index (χ0) is 19.8. The van der Waals surface area contributed by atoms with Gasteiger partial charge in [0.25, 0.3) is 5.91 Å². The largest absolute Gasteiger partial charge is 0.490 e. The Morgan fingerprint density at radius 1 is 1.15 bits per heavy atom. The van der Waals surface area contributed by atoms with Crippen LogP contribution in [0.25, 0.3) is 0 Å². The molecule has 27 heavy (non-hydrogen) atoms. The number of anilines is 1. The zero-order valence-corrected chi connectivity index (χ0v) is 15.3. The molecule has 144 valence electrons. The summed E-state index contributed by atoms with van der Waals surface area (Å²) in [6, 6.07) is 10.6. The number of benzene rings is 2. The molecule has 0 aliphatic heterocycles. The fourth-order valence-electron chi connectivity index (χ4n) is 2.38. The number of aliphatic hydroxyl groups excluding tert-OH is 1. The summed E-state index contributed by atoms with van der Waals surface area (Å²) in [7, 11) is 0. The second kappa shape index (κ2) is 9.68. The van der Waals surface area contributed by atoms with E-state index in [1.807, 2.05) is 13.8 Å². The van der Waals surface area contributed by atoms with Crippen LogP contribution in [0.15, 0.2) is 42.5 Å². The molecule has 0 aliphatic carbocycles. The second-order valence-corrected chi connectivity index (χ2v) is 6.21. The molecule has 0 spiro atoms. The Hall–Kier alpha value is -2.93. The first-order chi connectivity index (χ1) is 12.9. The summed E-state index contributed by atoms with van der Waals surface area (Å²) < 4.78 is 19.1. The van der Waals surface area contributed by atoms with E-state index in [9.17, 15) is 14.0 Å². The number of rotatable bonds is 8. The molecule has 0 unspecified atom stereocenters. The van der Waals surface area contributed by atoms with Crippen molar-refractivity contribution in [3.05, 3.63) is 59.4 Å². The molecule has 0 aromatic heterocycles. The Labute approximate surface area is 157 Å². The minimum absolute atomic E-state index is 0.108. The minimum atomic E-state index is -0.527. The van der Waals surface area contributed by atoms with Gasteiger partial charge in [0.05, 0.1) is 24.7 Å². The van der Waals surface area contributed by atoms with Gasteiger partial charge in [0.1, 0.15) is 11.6 Å². The first kappa shape index (κ1) is 20.4. The van der Waals surface area contributed by atoms with Crippen LogP contribution in [0.1, 0.15) is 29.8 Å². The second-order valence-electron chi connectivity index (χ2n) is 6.21. The summed E-state index contributed by atoms with van der Waals surface area (Å²) in [5.74, 6) is -0.906. The van der Waals surface area contributed by atoms with E-state index in [1.54, 1.807) is 24.3 Å². The van der Waals surface area contributed by atoms with Crippen molar-refractivity contribution in [2.45, 2.75) is 26.4 Å². The fraction of sp³-hybridized carbons (Fsp3) is 0.300. The van der Waals surface area contributed by atoms with Crippen LogP contribution in [0.3, 0.4) is 0 Å². The molecule has 2 amide bonds. The Morgan fingerprint density at radius 3 is 2.48 bits per heavy atom. The zero-order valence-electron chi connectivity index (χ0n) is 15.3. The van der Waals surface area contributed by atoms with Gasteiger partial charge in [0.15, 0.2) is 0 Å². The lowest BCUT2D eigenvalue weighted by Gasteiger charge is -2.14. The highest BCUT2D eigenvalue weighted by atomic mass is 19.1. The lowest BCUT2D eigenvalue weighted by molar-refractivity contribution is -0.120. The van der Waals surface area contributed by atoms with Crippen molar-refractivity contribution in [3.63, 3.8) is 0 Å². The standard InChI is InChI=1S/C20H23FN2O4/c1-13(2)27-18-8-5-15(21)12-17(18)20(26)23-16-6-3-14(4-7-16)11-19(25)22-9-10-24/h3-8,12-13,24H,9-11H2,1-2H3,(H,22,25)(H,23,26). The van der Waals surface area contributed by atoms with Crippen LogP contribution in [0, 0.1) is 5.82 Å². The van der Waals surface area contributed by atoms with Gasteiger partial charge in [0, 0.05) is 12.2 Å². The third-order valence-electron chi connectivity index (χ3n) is 3.56. The third-order valence-corrected chi connectivity index (χ3v) is 3.56. The van der Waals surface area contributed by atoms with Crippen LogP contribution >= 0.6 is 0 Å². The number of ether oxygens (including phenoxy) is 1. The molecule has 0 radical (unpaired) electrons. The number of nitrogens with one attached hydrogen (secondary N) is 2. The van der Waals surface area contributed by atoms with Crippen molar-refractivity contribution in [2.24, 2.45) is 0 Å². The molecule has 2 aromatic carbocycles. The summed E-state index contributed by atoms with van der Waals surface area (Å²) in [6.07, 6.45) is 0.0168. The molecule has 0 saturated carbocycles. The molecule has 0 atom stereocenters. The highest BCUT2D eigenvalue weighted by Crippen LogP contribution is 2.22. The van der Waals surface area contributed by atoms with Crippen molar-refractivity contribution in [3.8, 4) is 5.75 Å². The predicted octanol–water partition coefficient (Wildman–Crippen LogP) is 2.52. The third kappa shape index (κ3) is 6.38. The van der Waals surface area contributed by atoms with Gasteiger partial charge in [-0.2, -0.15) is 0 Å².